The molecule has 1 N–H and O–H groups in total. The molecule has 6 heterocycles. The van der Waals surface area contributed by atoms with Crippen molar-refractivity contribution in [1.29, 1.82) is 0 Å². The van der Waals surface area contributed by atoms with E-state index in [-0.39, 0.29) is 0 Å². The zero-order valence-electron chi connectivity index (χ0n) is 20.1. The van der Waals surface area contributed by atoms with Gasteiger partial charge >= 0.3 is 0 Å². The molecule has 0 aliphatic carbocycles. The van der Waals surface area contributed by atoms with Gasteiger partial charge in [0, 0.05) is 73.5 Å². The molecule has 0 radical (unpaired) electrons. The lowest BCUT2D eigenvalue weighted by molar-refractivity contribution is -0.0660. The number of rotatable bonds is 5. The predicted octanol–water partition coefficient (Wildman–Crippen LogP) is 3.38. The summed E-state index contributed by atoms with van der Waals surface area (Å²) in [7, 11) is 0. The number of imidazole rings is 1. The van der Waals surface area contributed by atoms with Gasteiger partial charge in [0.05, 0.1) is 31.6 Å². The second-order valence-electron chi connectivity index (χ2n) is 9.66. The Hall–Kier alpha value is -3.69. The van der Waals surface area contributed by atoms with E-state index in [1.54, 1.807) is 6.20 Å². The number of aryl methyl sites for hydroxylation is 1. The van der Waals surface area contributed by atoms with Crippen LogP contribution >= 0.6 is 0 Å². The van der Waals surface area contributed by atoms with Gasteiger partial charge in [-0.05, 0) is 43.2 Å². The van der Waals surface area contributed by atoms with Crippen LogP contribution in [-0.2, 0) is 11.2 Å². The van der Waals surface area contributed by atoms with Crippen molar-refractivity contribution < 1.29 is 9.47 Å². The van der Waals surface area contributed by atoms with Crippen LogP contribution in [0.4, 0.5) is 17.2 Å². The van der Waals surface area contributed by atoms with Crippen LogP contribution in [0.2, 0.25) is 0 Å². The fraction of sp³-hybridized carbons (Fsp3) is 0.370. The van der Waals surface area contributed by atoms with Gasteiger partial charge in [0.1, 0.15) is 0 Å². The molecule has 36 heavy (non-hydrogen) atoms. The van der Waals surface area contributed by atoms with Crippen molar-refractivity contribution >= 4 is 22.8 Å². The molecule has 4 aromatic rings. The summed E-state index contributed by atoms with van der Waals surface area (Å²) in [6.07, 6.45) is 9.57. The maximum Gasteiger partial charge on any atom is 0.216 e. The van der Waals surface area contributed by atoms with Crippen molar-refractivity contribution in [3.05, 3.63) is 60.7 Å². The van der Waals surface area contributed by atoms with Crippen molar-refractivity contribution in [1.82, 2.24) is 24.3 Å². The molecule has 2 saturated heterocycles. The molecular formula is C27H29N7O2. The van der Waals surface area contributed by atoms with Crippen LogP contribution in [0.1, 0.15) is 12.0 Å². The Labute approximate surface area is 209 Å². The molecule has 0 saturated carbocycles. The minimum atomic E-state index is 0.618. The molecule has 0 unspecified atom stereocenters. The monoisotopic (exact) mass is 483 g/mol. The maximum absolute atomic E-state index is 5.68. The van der Waals surface area contributed by atoms with Crippen LogP contribution in [-0.4, -0.2) is 76.3 Å². The first-order chi connectivity index (χ1) is 17.8. The number of ether oxygens (including phenoxy) is 2. The number of hydrogen-bond acceptors (Lipinski definition) is 8. The molecule has 184 valence electrons. The Morgan fingerprint density at radius 1 is 1.00 bits per heavy atom. The number of pyridine rings is 1. The van der Waals surface area contributed by atoms with Gasteiger partial charge in [0.2, 0.25) is 5.88 Å². The van der Waals surface area contributed by atoms with E-state index in [2.05, 4.69) is 55.4 Å². The minimum absolute atomic E-state index is 0.618. The normalized spacial score (nSPS) is 18.5. The van der Waals surface area contributed by atoms with Crippen LogP contribution in [0.25, 0.3) is 16.9 Å². The Morgan fingerprint density at radius 3 is 2.67 bits per heavy atom. The van der Waals surface area contributed by atoms with Crippen LogP contribution in [0.15, 0.2) is 55.1 Å². The molecule has 0 spiro atoms. The van der Waals surface area contributed by atoms with Crippen molar-refractivity contribution in [2.24, 2.45) is 0 Å². The molecule has 3 aliphatic heterocycles. The van der Waals surface area contributed by atoms with Crippen LogP contribution in [0.3, 0.4) is 0 Å². The van der Waals surface area contributed by atoms with Gasteiger partial charge in [0.15, 0.2) is 11.5 Å². The van der Waals surface area contributed by atoms with E-state index in [1.807, 2.05) is 23.0 Å². The molecule has 2 fully saturated rings. The quantitative estimate of drug-likeness (QED) is 0.463. The molecule has 3 aliphatic rings. The summed E-state index contributed by atoms with van der Waals surface area (Å²) >= 11 is 0. The third kappa shape index (κ3) is 4.04. The number of hydrogen-bond donors (Lipinski definition) is 1. The molecule has 0 bridgehead atoms. The van der Waals surface area contributed by atoms with Gasteiger partial charge in [-0.2, -0.15) is 0 Å². The van der Waals surface area contributed by atoms with Gasteiger partial charge in [-0.1, -0.05) is 0 Å². The van der Waals surface area contributed by atoms with Crippen molar-refractivity contribution in [3.63, 3.8) is 0 Å². The summed E-state index contributed by atoms with van der Waals surface area (Å²) < 4.78 is 13.0. The highest BCUT2D eigenvalue weighted by Gasteiger charge is 2.28. The van der Waals surface area contributed by atoms with Gasteiger partial charge in [-0.3, -0.25) is 4.90 Å². The first-order valence-corrected chi connectivity index (χ1v) is 12.7. The fourth-order valence-electron chi connectivity index (χ4n) is 5.20. The average Bonchev–Trinajstić information content (AvgIpc) is 3.38. The van der Waals surface area contributed by atoms with E-state index in [0.717, 1.165) is 98.7 Å². The molecular weight excluding hydrogens is 454 g/mol. The number of benzene rings is 1. The van der Waals surface area contributed by atoms with Crippen LogP contribution in [0.5, 0.6) is 5.88 Å². The van der Waals surface area contributed by atoms with Crippen LogP contribution < -0.4 is 15.0 Å². The minimum Gasteiger partial charge on any atom is -0.477 e. The third-order valence-corrected chi connectivity index (χ3v) is 7.37. The van der Waals surface area contributed by atoms with Gasteiger partial charge in [-0.15, -0.1) is 0 Å². The summed E-state index contributed by atoms with van der Waals surface area (Å²) in [6.45, 7) is 6.77. The molecule has 0 atom stereocenters. The maximum atomic E-state index is 5.68. The summed E-state index contributed by atoms with van der Waals surface area (Å²) in [4.78, 5) is 19.0. The summed E-state index contributed by atoms with van der Waals surface area (Å²) in [5, 5.41) is 3.49. The zero-order valence-corrected chi connectivity index (χ0v) is 20.1. The number of aromatic nitrogens is 4. The van der Waals surface area contributed by atoms with E-state index in [1.165, 1.54) is 5.69 Å². The van der Waals surface area contributed by atoms with Gasteiger partial charge in [-0.25, -0.2) is 15.0 Å². The summed E-state index contributed by atoms with van der Waals surface area (Å²) in [5.74, 6) is 1.46. The Morgan fingerprint density at radius 2 is 1.86 bits per heavy atom. The lowest BCUT2D eigenvalue weighted by atomic mass is 10.1. The van der Waals surface area contributed by atoms with Crippen LogP contribution in [0, 0.1) is 0 Å². The standard InChI is InChI=1S/C27H29N7O2/c1-2-19-14-20(15-29-27(19)36-13-1)24-16-34-8-7-28-26(34)25(31-24)30-21-3-5-22(6-4-21)32-9-11-33(12-10-32)23-17-35-18-23/h3-8,14-16,23H,1-2,9-13,17-18H2,(H,30,31). The van der Waals surface area contributed by atoms with Gasteiger partial charge in [0.25, 0.3) is 0 Å². The fourth-order valence-corrected chi connectivity index (χ4v) is 5.20. The lowest BCUT2D eigenvalue weighted by Crippen LogP contribution is -2.56. The lowest BCUT2D eigenvalue weighted by Gasteiger charge is -2.43. The predicted molar refractivity (Wildman–Crippen MR) is 138 cm³/mol. The highest BCUT2D eigenvalue weighted by atomic mass is 16.5. The number of piperazine rings is 1. The molecule has 9 heteroatoms. The Kier molecular flexibility index (Phi) is 5.44. The molecule has 7 rings (SSSR count). The van der Waals surface area contributed by atoms with E-state index in [4.69, 9.17) is 14.5 Å². The largest absolute Gasteiger partial charge is 0.477 e. The third-order valence-electron chi connectivity index (χ3n) is 7.37. The van der Waals surface area contributed by atoms with Gasteiger partial charge < -0.3 is 24.1 Å². The number of anilines is 3. The topological polar surface area (TPSA) is 80.1 Å². The van der Waals surface area contributed by atoms with E-state index in [9.17, 15) is 0 Å². The Bertz CT molecular complexity index is 1370. The molecule has 3 aromatic heterocycles. The highest BCUT2D eigenvalue weighted by molar-refractivity contribution is 5.74. The van der Waals surface area contributed by atoms with Crippen molar-refractivity contribution in [2.75, 3.05) is 56.2 Å². The SMILES string of the molecule is c1cn2cc(-c3cnc4c(c3)CCCO4)nc(Nc3ccc(N4CCN(C5COC5)CC4)cc3)c2n1. The van der Waals surface area contributed by atoms with E-state index in [0.29, 0.717) is 6.04 Å². The number of fused-ring (bicyclic) bond motifs is 2. The zero-order chi connectivity index (χ0) is 23.9. The van der Waals surface area contributed by atoms with Crippen molar-refractivity contribution in [2.45, 2.75) is 18.9 Å². The average molecular weight is 484 g/mol. The molecule has 0 amide bonds. The highest BCUT2D eigenvalue weighted by Crippen LogP contribution is 2.30. The number of nitrogens with zero attached hydrogens (tertiary/aromatic N) is 6. The smallest absolute Gasteiger partial charge is 0.216 e. The molecule has 1 aromatic carbocycles. The van der Waals surface area contributed by atoms with E-state index < -0.39 is 0 Å². The Balaban J connectivity index is 1.11. The summed E-state index contributed by atoms with van der Waals surface area (Å²) in [5.41, 5.74) is 5.97. The molecule has 9 nitrogen and oxygen atoms in total. The van der Waals surface area contributed by atoms with E-state index >= 15 is 0 Å². The second kappa shape index (κ2) is 9.07. The summed E-state index contributed by atoms with van der Waals surface area (Å²) in [6, 6.07) is 11.4. The second-order valence-corrected chi connectivity index (χ2v) is 9.66. The first-order valence-electron chi connectivity index (χ1n) is 12.7. The van der Waals surface area contributed by atoms with Crippen molar-refractivity contribution in [3.8, 4) is 17.1 Å². The number of nitrogens with one attached hydrogen (secondary N) is 1. The first kappa shape index (κ1) is 21.6.